The highest BCUT2D eigenvalue weighted by Crippen LogP contribution is 2.55. The number of rotatable bonds is 7. The van der Waals surface area contributed by atoms with Gasteiger partial charge in [0.15, 0.2) is 6.35 Å². The maximum absolute atomic E-state index is 12.7. The topological polar surface area (TPSA) is 72.1 Å². The minimum absolute atomic E-state index is 0.0362. The van der Waals surface area contributed by atoms with Crippen molar-refractivity contribution in [2.75, 3.05) is 53.4 Å². The Morgan fingerprint density at radius 1 is 1.17 bits per heavy atom. The van der Waals surface area contributed by atoms with Crippen LogP contribution >= 0.6 is 0 Å². The van der Waals surface area contributed by atoms with Crippen molar-refractivity contribution >= 4 is 5.91 Å². The Labute approximate surface area is 247 Å². The van der Waals surface area contributed by atoms with Gasteiger partial charge in [0.25, 0.3) is 0 Å². The Morgan fingerprint density at radius 3 is 2.80 bits per heavy atom. The molecule has 41 heavy (non-hydrogen) atoms. The SMILES string of the molecule is C=CC(=O)N1CCN(C2NC(OCC3CCCN3C)NC3CC4(CCc5ccccc5C4C)CCC32)CC1CNC. The van der Waals surface area contributed by atoms with Crippen LogP contribution in [0.3, 0.4) is 0 Å². The van der Waals surface area contributed by atoms with Gasteiger partial charge in [-0.25, -0.2) is 0 Å². The summed E-state index contributed by atoms with van der Waals surface area (Å²) in [4.78, 5) is 19.7. The van der Waals surface area contributed by atoms with Gasteiger partial charge >= 0.3 is 0 Å². The summed E-state index contributed by atoms with van der Waals surface area (Å²) in [6.07, 6.45) is 10.2. The standard InChI is InChI=1S/C33H52N6O2/c1-5-30(40)39-18-17-38(21-26(39)20-34-3)31-28-13-15-33(14-12-24-9-6-7-11-27(24)23(33)2)19-29(28)35-32(36-31)41-22-25-10-8-16-37(25)4/h5-7,9,11,23,25-26,28-29,31-32,34-36H,1,8,10,12-22H2,2-4H3. The van der Waals surface area contributed by atoms with Gasteiger partial charge < -0.3 is 19.9 Å². The molecular formula is C33H52N6O2. The van der Waals surface area contributed by atoms with E-state index in [0.29, 0.717) is 29.3 Å². The molecule has 1 aromatic carbocycles. The number of aryl methyl sites for hydroxylation is 1. The minimum atomic E-state index is -0.160. The van der Waals surface area contributed by atoms with E-state index in [4.69, 9.17) is 4.74 Å². The van der Waals surface area contributed by atoms with E-state index in [2.05, 4.69) is 70.6 Å². The molecule has 5 aliphatic rings. The van der Waals surface area contributed by atoms with Crippen molar-refractivity contribution in [2.24, 2.45) is 11.3 Å². The Hall–Kier alpha value is -1.81. The molecule has 0 aromatic heterocycles. The molecule has 0 radical (unpaired) electrons. The predicted molar refractivity (Wildman–Crippen MR) is 163 cm³/mol. The molecule has 1 saturated carbocycles. The summed E-state index contributed by atoms with van der Waals surface area (Å²) in [6.45, 7) is 11.4. The summed E-state index contributed by atoms with van der Waals surface area (Å²) in [7, 11) is 4.20. The first-order valence-electron chi connectivity index (χ1n) is 16.2. The van der Waals surface area contributed by atoms with Crippen LogP contribution in [0.25, 0.3) is 0 Å². The Morgan fingerprint density at radius 2 is 2.02 bits per heavy atom. The zero-order chi connectivity index (χ0) is 28.6. The van der Waals surface area contributed by atoms with E-state index >= 15 is 0 Å². The second-order valence-electron chi connectivity index (χ2n) is 13.5. The molecule has 3 heterocycles. The molecular weight excluding hydrogens is 512 g/mol. The maximum Gasteiger partial charge on any atom is 0.246 e. The van der Waals surface area contributed by atoms with Crippen LogP contribution in [-0.2, 0) is 16.0 Å². The molecule has 8 atom stereocenters. The Bertz CT molecular complexity index is 1080. The average molecular weight is 565 g/mol. The van der Waals surface area contributed by atoms with Crippen LogP contribution in [0.15, 0.2) is 36.9 Å². The van der Waals surface area contributed by atoms with Crippen LogP contribution in [0.5, 0.6) is 0 Å². The third kappa shape index (κ3) is 5.76. The van der Waals surface area contributed by atoms with Crippen molar-refractivity contribution in [3.8, 4) is 0 Å². The molecule has 3 N–H and O–H groups in total. The number of hydrogen-bond donors (Lipinski definition) is 3. The maximum atomic E-state index is 12.7. The second-order valence-corrected chi connectivity index (χ2v) is 13.5. The van der Waals surface area contributed by atoms with Gasteiger partial charge in [-0.15, -0.1) is 0 Å². The lowest BCUT2D eigenvalue weighted by Gasteiger charge is -2.57. The van der Waals surface area contributed by atoms with Crippen molar-refractivity contribution in [1.29, 1.82) is 0 Å². The van der Waals surface area contributed by atoms with E-state index in [0.717, 1.165) is 39.3 Å². The molecule has 0 bridgehead atoms. The van der Waals surface area contributed by atoms with E-state index < -0.39 is 0 Å². The second kappa shape index (κ2) is 12.4. The van der Waals surface area contributed by atoms with Crippen LogP contribution in [-0.4, -0.2) is 105 Å². The number of carbonyl (C=O) groups is 1. The van der Waals surface area contributed by atoms with E-state index in [1.807, 2.05) is 11.9 Å². The van der Waals surface area contributed by atoms with Gasteiger partial charge in [0.1, 0.15) is 0 Å². The largest absolute Gasteiger partial charge is 0.348 e. The molecule has 6 rings (SSSR count). The Kier molecular flexibility index (Phi) is 8.87. The van der Waals surface area contributed by atoms with Gasteiger partial charge in [0, 0.05) is 44.2 Å². The van der Waals surface area contributed by atoms with Gasteiger partial charge in [0.2, 0.25) is 5.91 Å². The number of ether oxygens (including phenoxy) is 1. The number of amides is 1. The molecule has 4 fully saturated rings. The first-order valence-corrected chi connectivity index (χ1v) is 16.2. The van der Waals surface area contributed by atoms with Crippen LogP contribution in [0, 0.1) is 11.3 Å². The van der Waals surface area contributed by atoms with Crippen molar-refractivity contribution in [3.63, 3.8) is 0 Å². The fourth-order valence-corrected chi connectivity index (χ4v) is 8.98. The zero-order valence-electron chi connectivity index (χ0n) is 25.5. The first kappa shape index (κ1) is 29.3. The molecule has 1 spiro atoms. The quantitative estimate of drug-likeness (QED) is 0.440. The number of likely N-dealkylation sites (tertiary alicyclic amines) is 1. The highest BCUT2D eigenvalue weighted by Gasteiger charge is 2.52. The highest BCUT2D eigenvalue weighted by molar-refractivity contribution is 5.87. The van der Waals surface area contributed by atoms with E-state index in [-0.39, 0.29) is 24.5 Å². The highest BCUT2D eigenvalue weighted by atomic mass is 16.5. The molecule has 8 heteroatoms. The van der Waals surface area contributed by atoms with Gasteiger partial charge in [0.05, 0.1) is 18.8 Å². The number of nitrogens with one attached hydrogen (secondary N) is 3. The van der Waals surface area contributed by atoms with Crippen molar-refractivity contribution < 1.29 is 9.53 Å². The van der Waals surface area contributed by atoms with Crippen LogP contribution in [0.4, 0.5) is 0 Å². The van der Waals surface area contributed by atoms with Crippen LogP contribution in [0.2, 0.25) is 0 Å². The smallest absolute Gasteiger partial charge is 0.246 e. The van der Waals surface area contributed by atoms with Crippen LogP contribution in [0.1, 0.15) is 62.5 Å². The molecule has 1 aromatic rings. The summed E-state index contributed by atoms with van der Waals surface area (Å²) < 4.78 is 6.64. The molecule has 8 unspecified atom stereocenters. The number of hydrogen-bond acceptors (Lipinski definition) is 7. The third-order valence-electron chi connectivity index (χ3n) is 11.5. The molecule has 8 nitrogen and oxygen atoms in total. The lowest BCUT2D eigenvalue weighted by atomic mass is 9.55. The molecule has 3 saturated heterocycles. The number of piperazine rings is 1. The van der Waals surface area contributed by atoms with E-state index in [1.165, 1.54) is 51.0 Å². The van der Waals surface area contributed by atoms with Crippen molar-refractivity contribution in [1.82, 2.24) is 30.7 Å². The Balaban J connectivity index is 1.22. The summed E-state index contributed by atoms with van der Waals surface area (Å²) in [6, 6.07) is 10.2. The van der Waals surface area contributed by atoms with Crippen LogP contribution < -0.4 is 16.0 Å². The number of carbonyl (C=O) groups excluding carboxylic acids is 1. The summed E-state index contributed by atoms with van der Waals surface area (Å²) >= 11 is 0. The van der Waals surface area contributed by atoms with Crippen molar-refractivity contribution in [2.45, 2.75) is 88.4 Å². The summed E-state index contributed by atoms with van der Waals surface area (Å²) in [5.74, 6) is 1.12. The fraction of sp³-hybridized carbons (Fsp3) is 0.727. The first-order chi connectivity index (χ1) is 19.9. The van der Waals surface area contributed by atoms with Gasteiger partial charge in [-0.3, -0.25) is 20.3 Å². The number of likely N-dealkylation sites (N-methyl/N-ethyl adjacent to an activating group) is 2. The summed E-state index contributed by atoms with van der Waals surface area (Å²) in [5, 5.41) is 11.2. The monoisotopic (exact) mass is 564 g/mol. The van der Waals surface area contributed by atoms with E-state index in [1.54, 1.807) is 11.1 Å². The molecule has 1 amide bonds. The molecule has 2 aliphatic carbocycles. The normalized spacial score (nSPS) is 38.0. The fourth-order valence-electron chi connectivity index (χ4n) is 8.98. The third-order valence-corrected chi connectivity index (χ3v) is 11.5. The number of nitrogens with zero attached hydrogens (tertiary/aromatic N) is 3. The lowest BCUT2D eigenvalue weighted by molar-refractivity contribution is -0.137. The average Bonchev–Trinajstić information content (AvgIpc) is 3.41. The predicted octanol–water partition coefficient (Wildman–Crippen LogP) is 2.72. The molecule has 3 aliphatic heterocycles. The lowest BCUT2D eigenvalue weighted by Crippen LogP contribution is -2.73. The van der Waals surface area contributed by atoms with E-state index in [9.17, 15) is 4.79 Å². The number of fused-ring (bicyclic) bond motifs is 2. The minimum Gasteiger partial charge on any atom is -0.348 e. The van der Waals surface area contributed by atoms with Gasteiger partial charge in [-0.2, -0.15) is 0 Å². The summed E-state index contributed by atoms with van der Waals surface area (Å²) in [5.41, 5.74) is 3.45. The zero-order valence-corrected chi connectivity index (χ0v) is 25.5. The van der Waals surface area contributed by atoms with Gasteiger partial charge in [-0.1, -0.05) is 37.8 Å². The molecule has 226 valence electrons. The van der Waals surface area contributed by atoms with Crippen molar-refractivity contribution in [3.05, 3.63) is 48.0 Å². The number of benzene rings is 1. The van der Waals surface area contributed by atoms with Gasteiger partial charge in [-0.05, 0) is 94.1 Å².